The summed E-state index contributed by atoms with van der Waals surface area (Å²) in [6.07, 6.45) is 0. The van der Waals surface area contributed by atoms with Crippen molar-refractivity contribution in [1.82, 2.24) is 0 Å². The summed E-state index contributed by atoms with van der Waals surface area (Å²) in [5, 5.41) is 19.3. The number of aryl methyl sites for hydroxylation is 2. The van der Waals surface area contributed by atoms with Crippen LogP contribution in [-0.2, 0) is 0 Å². The van der Waals surface area contributed by atoms with Crippen molar-refractivity contribution >= 4 is 0 Å². The molecular weight excluding hydrogens is 212 g/mol. The van der Waals surface area contributed by atoms with Crippen molar-refractivity contribution < 1.29 is 10.2 Å². The molecule has 0 atom stereocenters. The minimum Gasteiger partial charge on any atom is -0.508 e. The molecule has 0 radical (unpaired) electrons. The van der Waals surface area contributed by atoms with Crippen molar-refractivity contribution in [3.8, 4) is 22.6 Å². The van der Waals surface area contributed by atoms with Gasteiger partial charge in [-0.15, -0.1) is 0 Å². The van der Waals surface area contributed by atoms with Gasteiger partial charge in [0.1, 0.15) is 11.5 Å². The molecule has 88 valence electrons. The van der Waals surface area contributed by atoms with E-state index in [0.717, 1.165) is 27.8 Å². The molecule has 0 unspecified atom stereocenters. The molecule has 2 heteroatoms. The van der Waals surface area contributed by atoms with Crippen LogP contribution in [-0.4, -0.2) is 10.2 Å². The van der Waals surface area contributed by atoms with Crippen LogP contribution >= 0.6 is 0 Å². The fourth-order valence-corrected chi connectivity index (χ4v) is 2.08. The number of phenols is 2. The fraction of sp³-hybridized carbons (Fsp3) is 0.200. The molecule has 0 amide bonds. The van der Waals surface area contributed by atoms with Crippen LogP contribution in [0.4, 0.5) is 0 Å². The number of phenolic OH excluding ortho intramolecular Hbond substituents is 2. The van der Waals surface area contributed by atoms with E-state index in [9.17, 15) is 10.2 Å². The van der Waals surface area contributed by atoms with Gasteiger partial charge in [-0.2, -0.15) is 0 Å². The standard InChI is InChI=1S/C15H16O2/c1-9-4-6-14(11(3)15(9)17)13-7-5-12(16)8-10(13)2/h4-8,16-17H,1-3H3. The minimum absolute atomic E-state index is 0.264. The molecule has 0 aliphatic rings. The average Bonchev–Trinajstić information content (AvgIpc) is 2.28. The first kappa shape index (κ1) is 11.5. The molecule has 2 aromatic rings. The van der Waals surface area contributed by atoms with Gasteiger partial charge in [0.25, 0.3) is 0 Å². The second-order valence-corrected chi connectivity index (χ2v) is 4.40. The highest BCUT2D eigenvalue weighted by Gasteiger charge is 2.10. The Morgan fingerprint density at radius 1 is 0.765 bits per heavy atom. The minimum atomic E-state index is 0.264. The quantitative estimate of drug-likeness (QED) is 0.781. The Labute approximate surface area is 101 Å². The Morgan fingerprint density at radius 2 is 1.41 bits per heavy atom. The monoisotopic (exact) mass is 228 g/mol. The molecule has 0 spiro atoms. The van der Waals surface area contributed by atoms with Crippen LogP contribution in [0.3, 0.4) is 0 Å². The van der Waals surface area contributed by atoms with E-state index in [-0.39, 0.29) is 5.75 Å². The van der Waals surface area contributed by atoms with E-state index in [0.29, 0.717) is 5.75 Å². The van der Waals surface area contributed by atoms with Gasteiger partial charge >= 0.3 is 0 Å². The summed E-state index contributed by atoms with van der Waals surface area (Å²) in [6.45, 7) is 5.74. The van der Waals surface area contributed by atoms with Crippen LogP contribution in [0.1, 0.15) is 16.7 Å². The number of hydrogen-bond acceptors (Lipinski definition) is 2. The van der Waals surface area contributed by atoms with E-state index in [1.807, 2.05) is 39.0 Å². The molecule has 0 aliphatic heterocycles. The Morgan fingerprint density at radius 3 is 2.06 bits per heavy atom. The van der Waals surface area contributed by atoms with Crippen molar-refractivity contribution in [2.45, 2.75) is 20.8 Å². The largest absolute Gasteiger partial charge is 0.508 e. The summed E-state index contributed by atoms with van der Waals surface area (Å²) in [5.74, 6) is 0.607. The third-order valence-electron chi connectivity index (χ3n) is 3.13. The van der Waals surface area contributed by atoms with E-state index < -0.39 is 0 Å². The van der Waals surface area contributed by atoms with Gasteiger partial charge in [0.15, 0.2) is 0 Å². The van der Waals surface area contributed by atoms with Gasteiger partial charge in [0, 0.05) is 0 Å². The average molecular weight is 228 g/mol. The van der Waals surface area contributed by atoms with Crippen molar-refractivity contribution in [3.63, 3.8) is 0 Å². The Kier molecular flexibility index (Phi) is 2.80. The third-order valence-corrected chi connectivity index (χ3v) is 3.13. The summed E-state index contributed by atoms with van der Waals surface area (Å²) >= 11 is 0. The first-order chi connectivity index (χ1) is 8.00. The van der Waals surface area contributed by atoms with Crippen molar-refractivity contribution in [2.24, 2.45) is 0 Å². The lowest BCUT2D eigenvalue weighted by molar-refractivity contribution is 0.467. The highest BCUT2D eigenvalue weighted by atomic mass is 16.3. The van der Waals surface area contributed by atoms with Gasteiger partial charge < -0.3 is 10.2 Å². The molecule has 2 rings (SSSR count). The third kappa shape index (κ3) is 1.98. The highest BCUT2D eigenvalue weighted by Crippen LogP contribution is 2.34. The van der Waals surface area contributed by atoms with E-state index in [2.05, 4.69) is 0 Å². The Hall–Kier alpha value is -1.96. The Balaban J connectivity index is 2.65. The van der Waals surface area contributed by atoms with Crippen molar-refractivity contribution in [3.05, 3.63) is 47.0 Å². The first-order valence-corrected chi connectivity index (χ1v) is 5.60. The van der Waals surface area contributed by atoms with E-state index in [1.54, 1.807) is 12.1 Å². The summed E-state index contributed by atoms with van der Waals surface area (Å²) in [7, 11) is 0. The second-order valence-electron chi connectivity index (χ2n) is 4.40. The van der Waals surface area contributed by atoms with E-state index in [1.165, 1.54) is 0 Å². The maximum atomic E-state index is 9.94. The summed E-state index contributed by atoms with van der Waals surface area (Å²) in [6, 6.07) is 9.18. The SMILES string of the molecule is Cc1cc(O)ccc1-c1ccc(C)c(O)c1C. The van der Waals surface area contributed by atoms with Gasteiger partial charge in [-0.3, -0.25) is 0 Å². The lowest BCUT2D eigenvalue weighted by atomic mass is 9.94. The normalized spacial score (nSPS) is 10.5. The van der Waals surface area contributed by atoms with Gasteiger partial charge in [-0.25, -0.2) is 0 Å². The maximum absolute atomic E-state index is 9.94. The molecule has 0 fully saturated rings. The van der Waals surface area contributed by atoms with Gasteiger partial charge in [0.2, 0.25) is 0 Å². The van der Waals surface area contributed by atoms with Crippen LogP contribution in [0.5, 0.6) is 11.5 Å². The van der Waals surface area contributed by atoms with E-state index >= 15 is 0 Å². The molecule has 2 N–H and O–H groups in total. The molecule has 0 aromatic heterocycles. The van der Waals surface area contributed by atoms with Crippen LogP contribution in [0.25, 0.3) is 11.1 Å². The van der Waals surface area contributed by atoms with Crippen LogP contribution < -0.4 is 0 Å². The summed E-state index contributed by atoms with van der Waals surface area (Å²) in [4.78, 5) is 0. The maximum Gasteiger partial charge on any atom is 0.122 e. The van der Waals surface area contributed by atoms with E-state index in [4.69, 9.17) is 0 Å². The molecule has 17 heavy (non-hydrogen) atoms. The predicted molar refractivity (Wildman–Crippen MR) is 69.4 cm³/mol. The number of hydrogen-bond donors (Lipinski definition) is 2. The van der Waals surface area contributed by atoms with Crippen LogP contribution in [0, 0.1) is 20.8 Å². The number of aromatic hydroxyl groups is 2. The molecule has 0 saturated heterocycles. The molecule has 0 saturated carbocycles. The predicted octanol–water partition coefficient (Wildman–Crippen LogP) is 3.69. The number of rotatable bonds is 1. The van der Waals surface area contributed by atoms with Gasteiger partial charge in [-0.05, 0) is 60.7 Å². The zero-order chi connectivity index (χ0) is 12.6. The number of benzene rings is 2. The molecule has 0 aliphatic carbocycles. The van der Waals surface area contributed by atoms with Gasteiger partial charge in [0.05, 0.1) is 0 Å². The summed E-state index contributed by atoms with van der Waals surface area (Å²) < 4.78 is 0. The first-order valence-electron chi connectivity index (χ1n) is 5.60. The molecular formula is C15H16O2. The zero-order valence-corrected chi connectivity index (χ0v) is 10.3. The molecule has 0 heterocycles. The molecule has 2 aromatic carbocycles. The second kappa shape index (κ2) is 4.13. The van der Waals surface area contributed by atoms with Crippen molar-refractivity contribution in [1.29, 1.82) is 0 Å². The lowest BCUT2D eigenvalue weighted by Crippen LogP contribution is -1.89. The lowest BCUT2D eigenvalue weighted by Gasteiger charge is -2.12. The molecule has 2 nitrogen and oxygen atoms in total. The van der Waals surface area contributed by atoms with Crippen LogP contribution in [0.15, 0.2) is 30.3 Å². The Bertz CT molecular complexity index is 571. The van der Waals surface area contributed by atoms with Gasteiger partial charge in [-0.1, -0.05) is 18.2 Å². The summed E-state index contributed by atoms with van der Waals surface area (Å²) in [5.41, 5.74) is 4.79. The van der Waals surface area contributed by atoms with Crippen molar-refractivity contribution in [2.75, 3.05) is 0 Å². The topological polar surface area (TPSA) is 40.5 Å². The smallest absolute Gasteiger partial charge is 0.122 e. The fourth-order valence-electron chi connectivity index (χ4n) is 2.08. The van der Waals surface area contributed by atoms with Crippen LogP contribution in [0.2, 0.25) is 0 Å². The molecule has 0 bridgehead atoms. The zero-order valence-electron chi connectivity index (χ0n) is 10.3. The highest BCUT2D eigenvalue weighted by molar-refractivity contribution is 5.73.